The van der Waals surface area contributed by atoms with Crippen molar-refractivity contribution in [3.05, 3.63) is 65.9 Å². The largest absolute Gasteiger partial charge is 0.465 e. The summed E-state index contributed by atoms with van der Waals surface area (Å²) >= 11 is 0. The van der Waals surface area contributed by atoms with Gasteiger partial charge >= 0.3 is 12.3 Å². The number of hydrogen-bond acceptors (Lipinski definition) is 8. The van der Waals surface area contributed by atoms with Crippen molar-refractivity contribution >= 4 is 28.9 Å². The monoisotopic (exact) mass is 648 g/mol. The van der Waals surface area contributed by atoms with Crippen LogP contribution in [0, 0.1) is 11.6 Å². The Balaban J connectivity index is 1.19. The highest BCUT2D eigenvalue weighted by atomic mass is 19.4. The zero-order chi connectivity index (χ0) is 32.8. The molecule has 0 radical (unpaired) electrons. The molecule has 0 bridgehead atoms. The number of pyridine rings is 2. The molecule has 5 rings (SSSR count). The number of rotatable bonds is 11. The second-order valence-corrected chi connectivity index (χ2v) is 10.7. The Bertz CT molecular complexity index is 1700. The first-order valence-electron chi connectivity index (χ1n) is 14.3. The molecule has 1 fully saturated rings. The summed E-state index contributed by atoms with van der Waals surface area (Å²) in [5.41, 5.74) is 1.32. The van der Waals surface area contributed by atoms with Crippen LogP contribution in [0.5, 0.6) is 0 Å². The van der Waals surface area contributed by atoms with Gasteiger partial charge in [0, 0.05) is 48.5 Å². The van der Waals surface area contributed by atoms with Crippen molar-refractivity contribution in [3.63, 3.8) is 0 Å². The third-order valence-electron chi connectivity index (χ3n) is 7.31. The predicted molar refractivity (Wildman–Crippen MR) is 154 cm³/mol. The van der Waals surface area contributed by atoms with Crippen LogP contribution >= 0.6 is 0 Å². The molecule has 4 aromatic heterocycles. The first-order chi connectivity index (χ1) is 21.9. The van der Waals surface area contributed by atoms with Crippen molar-refractivity contribution in [3.8, 4) is 11.4 Å². The van der Waals surface area contributed by atoms with E-state index in [4.69, 9.17) is 0 Å². The van der Waals surface area contributed by atoms with Gasteiger partial charge in [0.15, 0.2) is 17.5 Å². The third kappa shape index (κ3) is 8.41. The molecule has 17 heteroatoms. The lowest BCUT2D eigenvalue weighted by atomic mass is 9.91. The van der Waals surface area contributed by atoms with Gasteiger partial charge in [-0.3, -0.25) is 9.78 Å². The fourth-order valence-corrected chi connectivity index (χ4v) is 5.19. The number of alkyl halides is 3. The molecule has 0 spiro atoms. The number of ether oxygens (including phenoxy) is 1. The maximum atomic E-state index is 14.7. The normalized spacial score (nSPS) is 16.7. The molecule has 12 nitrogen and oxygen atoms in total. The SMILES string of the molecule is O=C(N[C@@H]1CCC[C@H](Nc2nc(-c3c[nH]c4ncc(F)cc34)ncc2F)C1)c1cc(CN(CCOCC(F)(F)F)C(=O)O)ccn1. The van der Waals surface area contributed by atoms with Gasteiger partial charge in [-0.1, -0.05) is 0 Å². The molecule has 1 saturated carbocycles. The zero-order valence-corrected chi connectivity index (χ0v) is 24.2. The summed E-state index contributed by atoms with van der Waals surface area (Å²) in [6.07, 6.45) is 1.61. The fourth-order valence-electron chi connectivity index (χ4n) is 5.19. The summed E-state index contributed by atoms with van der Waals surface area (Å²) in [7, 11) is 0. The molecule has 0 aliphatic heterocycles. The highest BCUT2D eigenvalue weighted by molar-refractivity contribution is 5.93. The molecular formula is C29H29F5N8O4. The van der Waals surface area contributed by atoms with Gasteiger partial charge in [0.25, 0.3) is 5.91 Å². The Kier molecular flexibility index (Phi) is 9.89. The second-order valence-electron chi connectivity index (χ2n) is 10.7. The average Bonchev–Trinajstić information content (AvgIpc) is 3.42. The highest BCUT2D eigenvalue weighted by Crippen LogP contribution is 2.28. The summed E-state index contributed by atoms with van der Waals surface area (Å²) in [5.74, 6) is -1.59. The highest BCUT2D eigenvalue weighted by Gasteiger charge is 2.28. The summed E-state index contributed by atoms with van der Waals surface area (Å²) in [4.78, 5) is 44.9. The van der Waals surface area contributed by atoms with E-state index in [-0.39, 0.29) is 42.5 Å². The van der Waals surface area contributed by atoms with Crippen LogP contribution in [0.15, 0.2) is 43.0 Å². The Labute approximate surface area is 258 Å². The lowest BCUT2D eigenvalue weighted by Gasteiger charge is -2.30. The number of carbonyl (C=O) groups is 2. The average molecular weight is 649 g/mol. The number of aromatic amines is 1. The molecule has 1 aliphatic rings. The van der Waals surface area contributed by atoms with Gasteiger partial charge < -0.3 is 30.4 Å². The number of H-pyrrole nitrogens is 1. The van der Waals surface area contributed by atoms with Crippen molar-refractivity contribution in [2.45, 2.75) is 50.5 Å². The number of nitrogens with zero attached hydrogens (tertiary/aromatic N) is 5. The molecule has 0 aromatic carbocycles. The van der Waals surface area contributed by atoms with Crippen molar-refractivity contribution in [1.82, 2.24) is 35.1 Å². The number of anilines is 1. The number of nitrogens with one attached hydrogen (secondary N) is 3. The Morgan fingerprint density at radius 3 is 2.70 bits per heavy atom. The molecule has 1 aliphatic carbocycles. The van der Waals surface area contributed by atoms with E-state index < -0.39 is 43.0 Å². The molecule has 0 unspecified atom stereocenters. The first-order valence-corrected chi connectivity index (χ1v) is 14.3. The van der Waals surface area contributed by atoms with Crippen LogP contribution in [0.3, 0.4) is 0 Å². The Morgan fingerprint density at radius 2 is 1.91 bits per heavy atom. The van der Waals surface area contributed by atoms with Crippen LogP contribution in [0.25, 0.3) is 22.4 Å². The van der Waals surface area contributed by atoms with Gasteiger partial charge in [-0.25, -0.2) is 28.5 Å². The third-order valence-corrected chi connectivity index (χ3v) is 7.31. The number of halogens is 5. The van der Waals surface area contributed by atoms with Crippen LogP contribution in [0.2, 0.25) is 0 Å². The number of hydrogen-bond donors (Lipinski definition) is 4. The summed E-state index contributed by atoms with van der Waals surface area (Å²) in [6.45, 7) is -2.45. The molecule has 0 saturated heterocycles. The maximum absolute atomic E-state index is 14.7. The van der Waals surface area contributed by atoms with Gasteiger partial charge in [0.1, 0.15) is 23.8 Å². The quantitative estimate of drug-likeness (QED) is 0.131. The smallest absolute Gasteiger partial charge is 0.411 e. The summed E-state index contributed by atoms with van der Waals surface area (Å²) in [5, 5.41) is 15.9. The fraction of sp³-hybridized carbons (Fsp3) is 0.379. The molecular weight excluding hydrogens is 619 g/mol. The molecule has 4 aromatic rings. The van der Waals surface area contributed by atoms with E-state index in [0.717, 1.165) is 17.3 Å². The van der Waals surface area contributed by atoms with Crippen LogP contribution < -0.4 is 10.6 Å². The van der Waals surface area contributed by atoms with Crippen molar-refractivity contribution in [2.75, 3.05) is 25.1 Å². The number of carbonyl (C=O) groups excluding carboxylic acids is 1. The minimum absolute atomic E-state index is 0.0300. The first kappa shape index (κ1) is 32.5. The number of aromatic nitrogens is 5. The van der Waals surface area contributed by atoms with Crippen LogP contribution in [-0.2, 0) is 11.3 Å². The van der Waals surface area contributed by atoms with E-state index >= 15 is 0 Å². The van der Waals surface area contributed by atoms with Gasteiger partial charge in [-0.05, 0) is 49.4 Å². The number of carboxylic acid groups (broad SMARTS) is 1. The molecule has 46 heavy (non-hydrogen) atoms. The maximum Gasteiger partial charge on any atom is 0.411 e. The van der Waals surface area contributed by atoms with Gasteiger partial charge in [-0.15, -0.1) is 0 Å². The van der Waals surface area contributed by atoms with Gasteiger partial charge in [0.2, 0.25) is 0 Å². The van der Waals surface area contributed by atoms with Crippen LogP contribution in [0.1, 0.15) is 41.7 Å². The number of fused-ring (bicyclic) bond motifs is 1. The van der Waals surface area contributed by atoms with Crippen molar-refractivity contribution in [1.29, 1.82) is 0 Å². The summed E-state index contributed by atoms with van der Waals surface area (Å²) in [6, 6.07) is 3.65. The van der Waals surface area contributed by atoms with E-state index in [1.165, 1.54) is 24.4 Å². The minimum Gasteiger partial charge on any atom is -0.465 e. The topological polar surface area (TPSA) is 158 Å². The molecule has 2 atom stereocenters. The second kappa shape index (κ2) is 14.0. The lowest BCUT2D eigenvalue weighted by molar-refractivity contribution is -0.174. The standard InChI is InChI=1S/C29H29F5N8O4/c30-17-9-20-21(12-37-24(20)36-11-17)25-38-13-22(31)26(41-25)39-18-2-1-3-19(10-18)40-27(43)23-8-16(4-5-35-23)14-42(28(44)45)6-7-46-15-29(32,33)34/h4-5,8-9,11-13,18-19H,1-3,6-7,10,14-15H2,(H,36,37)(H,40,43)(H,44,45)(H,38,39,41)/t18-,19+/m0/s1. The minimum atomic E-state index is -4.52. The summed E-state index contributed by atoms with van der Waals surface area (Å²) < 4.78 is 69.9. The molecule has 2 amide bonds. The predicted octanol–water partition coefficient (Wildman–Crippen LogP) is 4.91. The van der Waals surface area contributed by atoms with Crippen molar-refractivity contribution < 1.29 is 41.4 Å². The molecule has 244 valence electrons. The lowest BCUT2D eigenvalue weighted by Crippen LogP contribution is -2.42. The van der Waals surface area contributed by atoms with Gasteiger partial charge in [0.05, 0.1) is 19.0 Å². The van der Waals surface area contributed by atoms with Crippen LogP contribution in [-0.4, -0.2) is 84.9 Å². The Hall–Kier alpha value is -4.93. The van der Waals surface area contributed by atoms with E-state index in [0.29, 0.717) is 47.8 Å². The molecule has 4 N–H and O–H groups in total. The van der Waals surface area contributed by atoms with E-state index in [1.54, 1.807) is 6.20 Å². The van der Waals surface area contributed by atoms with Gasteiger partial charge in [-0.2, -0.15) is 13.2 Å². The van der Waals surface area contributed by atoms with E-state index in [2.05, 4.69) is 40.3 Å². The van der Waals surface area contributed by atoms with E-state index in [1.807, 2.05) is 0 Å². The zero-order valence-electron chi connectivity index (χ0n) is 24.2. The number of amides is 2. The van der Waals surface area contributed by atoms with Crippen LogP contribution in [0.4, 0.5) is 32.6 Å². The van der Waals surface area contributed by atoms with E-state index in [9.17, 15) is 36.6 Å². The molecule has 4 heterocycles. The Morgan fingerprint density at radius 1 is 1.11 bits per heavy atom. The van der Waals surface area contributed by atoms with Crippen molar-refractivity contribution in [2.24, 2.45) is 0 Å².